The average molecular weight is 355 g/mol. The van der Waals surface area contributed by atoms with E-state index in [2.05, 4.69) is 44.3 Å². The van der Waals surface area contributed by atoms with Gasteiger partial charge in [-0.05, 0) is 61.1 Å². The van der Waals surface area contributed by atoms with Gasteiger partial charge >= 0.3 is 0 Å². The molecule has 0 fully saturated rings. The van der Waals surface area contributed by atoms with Crippen LogP contribution >= 0.6 is 0 Å². The Morgan fingerprint density at radius 3 is 2.35 bits per heavy atom. The molecule has 2 rings (SSSR count). The summed E-state index contributed by atoms with van der Waals surface area (Å²) >= 11 is 0. The van der Waals surface area contributed by atoms with Crippen molar-refractivity contribution in [2.24, 2.45) is 0 Å². The van der Waals surface area contributed by atoms with Gasteiger partial charge in [0.25, 0.3) is 0 Å². The summed E-state index contributed by atoms with van der Waals surface area (Å²) in [4.78, 5) is 12.4. The minimum Gasteiger partial charge on any atom is -0.493 e. The largest absolute Gasteiger partial charge is 0.493 e. The summed E-state index contributed by atoms with van der Waals surface area (Å²) < 4.78 is 10.6. The molecule has 4 heteroatoms. The molecule has 140 valence electrons. The van der Waals surface area contributed by atoms with Crippen LogP contribution in [0.3, 0.4) is 0 Å². The van der Waals surface area contributed by atoms with Crippen molar-refractivity contribution in [3.05, 3.63) is 58.7 Å². The van der Waals surface area contributed by atoms with Crippen LogP contribution in [0.4, 0.5) is 0 Å². The van der Waals surface area contributed by atoms with Crippen LogP contribution < -0.4 is 14.8 Å². The Labute approximate surface area is 156 Å². The Bertz CT molecular complexity index is 755. The molecule has 0 saturated carbocycles. The fourth-order valence-corrected chi connectivity index (χ4v) is 2.97. The third-order valence-electron chi connectivity index (χ3n) is 4.77. The van der Waals surface area contributed by atoms with Gasteiger partial charge in [0.2, 0.25) is 5.91 Å². The molecule has 1 amide bonds. The molecule has 1 atom stereocenters. The minimum absolute atomic E-state index is 0.0398. The standard InChI is InChI=1S/C22H29NO3/c1-6-19(18-10-11-20(25-4)21(14-18)26-5)23-22(24)12-9-17-8-7-15(2)16(3)13-17/h7-8,10-11,13-14,19H,6,9,12H2,1-5H3,(H,23,24)/t19-/m0/s1. The summed E-state index contributed by atoms with van der Waals surface area (Å²) in [6.45, 7) is 6.26. The Kier molecular flexibility index (Phi) is 7.07. The minimum atomic E-state index is -0.0398. The van der Waals surface area contributed by atoms with E-state index in [1.807, 2.05) is 18.2 Å². The molecule has 0 saturated heterocycles. The molecule has 0 aromatic heterocycles. The predicted molar refractivity (Wildman–Crippen MR) is 105 cm³/mol. The number of amides is 1. The van der Waals surface area contributed by atoms with Crippen molar-refractivity contribution in [2.45, 2.75) is 46.1 Å². The lowest BCUT2D eigenvalue weighted by atomic mass is 10.0. The van der Waals surface area contributed by atoms with Crippen molar-refractivity contribution in [2.75, 3.05) is 14.2 Å². The molecule has 0 aliphatic rings. The highest BCUT2D eigenvalue weighted by atomic mass is 16.5. The molecule has 26 heavy (non-hydrogen) atoms. The predicted octanol–water partition coefficient (Wildman–Crippen LogP) is 4.52. The second-order valence-corrected chi connectivity index (χ2v) is 6.56. The smallest absolute Gasteiger partial charge is 0.220 e. The zero-order valence-corrected chi connectivity index (χ0v) is 16.4. The van der Waals surface area contributed by atoms with Crippen LogP contribution in [0, 0.1) is 13.8 Å². The molecule has 4 nitrogen and oxygen atoms in total. The van der Waals surface area contributed by atoms with Crippen molar-refractivity contribution >= 4 is 5.91 Å². The van der Waals surface area contributed by atoms with Crippen LogP contribution in [-0.4, -0.2) is 20.1 Å². The second kappa shape index (κ2) is 9.27. The first-order chi connectivity index (χ1) is 12.5. The number of carbonyl (C=O) groups excluding carboxylic acids is 1. The van der Waals surface area contributed by atoms with Gasteiger partial charge in [-0.25, -0.2) is 0 Å². The Morgan fingerprint density at radius 2 is 1.73 bits per heavy atom. The maximum absolute atomic E-state index is 12.4. The van der Waals surface area contributed by atoms with Crippen LogP contribution in [0.15, 0.2) is 36.4 Å². The SMILES string of the molecule is CC[C@H](NC(=O)CCc1ccc(C)c(C)c1)c1ccc(OC)c(OC)c1. The van der Waals surface area contributed by atoms with Gasteiger partial charge in [0.05, 0.1) is 20.3 Å². The van der Waals surface area contributed by atoms with Crippen LogP contribution in [0.25, 0.3) is 0 Å². The lowest BCUT2D eigenvalue weighted by Crippen LogP contribution is -2.28. The lowest BCUT2D eigenvalue weighted by molar-refractivity contribution is -0.121. The molecular formula is C22H29NO3. The molecule has 1 N–H and O–H groups in total. The molecule has 0 radical (unpaired) electrons. The highest BCUT2D eigenvalue weighted by Gasteiger charge is 2.15. The topological polar surface area (TPSA) is 47.6 Å². The van der Waals surface area contributed by atoms with E-state index in [0.29, 0.717) is 17.9 Å². The van der Waals surface area contributed by atoms with E-state index in [0.717, 1.165) is 18.4 Å². The molecule has 2 aromatic rings. The van der Waals surface area contributed by atoms with E-state index in [-0.39, 0.29) is 11.9 Å². The quantitative estimate of drug-likeness (QED) is 0.757. The summed E-state index contributed by atoms with van der Waals surface area (Å²) in [6.07, 6.45) is 2.03. The van der Waals surface area contributed by atoms with Gasteiger partial charge in [-0.2, -0.15) is 0 Å². The third kappa shape index (κ3) is 5.01. The van der Waals surface area contributed by atoms with E-state index in [1.165, 1.54) is 16.7 Å². The van der Waals surface area contributed by atoms with Crippen molar-refractivity contribution in [1.29, 1.82) is 0 Å². The Morgan fingerprint density at radius 1 is 1.00 bits per heavy atom. The summed E-state index contributed by atoms with van der Waals surface area (Å²) in [5.41, 5.74) is 4.75. The van der Waals surface area contributed by atoms with E-state index in [4.69, 9.17) is 9.47 Å². The van der Waals surface area contributed by atoms with Gasteiger partial charge in [0, 0.05) is 6.42 Å². The molecule has 2 aromatic carbocycles. The van der Waals surface area contributed by atoms with E-state index >= 15 is 0 Å². The zero-order chi connectivity index (χ0) is 19.1. The number of hydrogen-bond donors (Lipinski definition) is 1. The first-order valence-corrected chi connectivity index (χ1v) is 9.05. The monoisotopic (exact) mass is 355 g/mol. The maximum Gasteiger partial charge on any atom is 0.220 e. The number of rotatable bonds is 8. The number of benzene rings is 2. The van der Waals surface area contributed by atoms with E-state index < -0.39 is 0 Å². The van der Waals surface area contributed by atoms with Gasteiger partial charge in [-0.3, -0.25) is 4.79 Å². The first kappa shape index (κ1) is 19.8. The van der Waals surface area contributed by atoms with Gasteiger partial charge in [0.15, 0.2) is 11.5 Å². The van der Waals surface area contributed by atoms with Gasteiger partial charge in [-0.15, -0.1) is 0 Å². The van der Waals surface area contributed by atoms with Crippen molar-refractivity contribution in [3.63, 3.8) is 0 Å². The molecule has 0 spiro atoms. The van der Waals surface area contributed by atoms with Crippen LogP contribution in [-0.2, 0) is 11.2 Å². The van der Waals surface area contributed by atoms with Gasteiger partial charge < -0.3 is 14.8 Å². The molecular weight excluding hydrogens is 326 g/mol. The summed E-state index contributed by atoms with van der Waals surface area (Å²) in [5.74, 6) is 1.42. The average Bonchev–Trinajstić information content (AvgIpc) is 2.66. The highest BCUT2D eigenvalue weighted by Crippen LogP contribution is 2.30. The van der Waals surface area contributed by atoms with Crippen LogP contribution in [0.2, 0.25) is 0 Å². The van der Waals surface area contributed by atoms with E-state index in [9.17, 15) is 4.79 Å². The molecule has 0 aliphatic carbocycles. The van der Waals surface area contributed by atoms with Gasteiger partial charge in [0.1, 0.15) is 0 Å². The second-order valence-electron chi connectivity index (χ2n) is 6.56. The third-order valence-corrected chi connectivity index (χ3v) is 4.77. The van der Waals surface area contributed by atoms with Crippen molar-refractivity contribution < 1.29 is 14.3 Å². The number of nitrogens with one attached hydrogen (secondary N) is 1. The fourth-order valence-electron chi connectivity index (χ4n) is 2.97. The molecule has 0 aliphatic heterocycles. The molecule has 0 unspecified atom stereocenters. The number of ether oxygens (including phenoxy) is 2. The number of aryl methyl sites for hydroxylation is 3. The normalized spacial score (nSPS) is 11.7. The summed E-state index contributed by atoms with van der Waals surface area (Å²) in [6, 6.07) is 12.1. The molecule has 0 bridgehead atoms. The lowest BCUT2D eigenvalue weighted by Gasteiger charge is -2.19. The Hall–Kier alpha value is -2.49. The summed E-state index contributed by atoms with van der Waals surface area (Å²) in [7, 11) is 3.23. The number of hydrogen-bond acceptors (Lipinski definition) is 3. The maximum atomic E-state index is 12.4. The van der Waals surface area contributed by atoms with Crippen LogP contribution in [0.1, 0.15) is 48.1 Å². The zero-order valence-electron chi connectivity index (χ0n) is 16.4. The van der Waals surface area contributed by atoms with Crippen LogP contribution in [0.5, 0.6) is 11.5 Å². The first-order valence-electron chi connectivity index (χ1n) is 9.05. The molecule has 0 heterocycles. The number of carbonyl (C=O) groups is 1. The fraction of sp³-hybridized carbons (Fsp3) is 0.409. The highest BCUT2D eigenvalue weighted by molar-refractivity contribution is 5.76. The van der Waals surface area contributed by atoms with Crippen molar-refractivity contribution in [3.8, 4) is 11.5 Å². The van der Waals surface area contributed by atoms with Crippen molar-refractivity contribution in [1.82, 2.24) is 5.32 Å². The summed E-state index contributed by atoms with van der Waals surface area (Å²) in [5, 5.41) is 3.13. The Balaban J connectivity index is 2.00. The van der Waals surface area contributed by atoms with Gasteiger partial charge in [-0.1, -0.05) is 31.2 Å². The van der Waals surface area contributed by atoms with E-state index in [1.54, 1.807) is 14.2 Å². The number of methoxy groups -OCH3 is 2.